The second-order valence-electron chi connectivity index (χ2n) is 6.71. The standard InChI is InChI=1S/C17H22FN3O3/c1-20-11-14(24-2)8-17(16(20)23)3-5-21(6-4-17)15(22)12-7-13(18)10-19-9-12/h7,9-10,14H,3-6,8,11H2,1-2H3. The SMILES string of the molecule is COC1CN(C)C(=O)C2(CCN(C(=O)c3cncc(F)c3)CC2)C1. The van der Waals surface area contributed by atoms with Gasteiger partial charge in [0.2, 0.25) is 5.91 Å². The van der Waals surface area contributed by atoms with Crippen LogP contribution in [0.3, 0.4) is 0 Å². The molecule has 2 fully saturated rings. The maximum absolute atomic E-state index is 13.3. The van der Waals surface area contributed by atoms with Crippen LogP contribution in [0.4, 0.5) is 4.39 Å². The Balaban J connectivity index is 1.70. The predicted molar refractivity (Wildman–Crippen MR) is 84.8 cm³/mol. The third-order valence-electron chi connectivity index (χ3n) is 5.19. The molecule has 3 rings (SSSR count). The number of likely N-dealkylation sites (N-methyl/N-ethyl adjacent to an activating group) is 1. The molecule has 2 saturated heterocycles. The third-order valence-corrected chi connectivity index (χ3v) is 5.19. The van der Waals surface area contributed by atoms with Gasteiger partial charge in [-0.15, -0.1) is 0 Å². The molecule has 2 aliphatic heterocycles. The minimum absolute atomic E-state index is 0.0300. The minimum atomic E-state index is -0.527. The Morgan fingerprint density at radius 2 is 2.08 bits per heavy atom. The number of piperidine rings is 2. The molecule has 0 bridgehead atoms. The van der Waals surface area contributed by atoms with Gasteiger partial charge in [-0.05, 0) is 25.3 Å². The van der Waals surface area contributed by atoms with Crippen LogP contribution in [-0.2, 0) is 9.53 Å². The summed E-state index contributed by atoms with van der Waals surface area (Å²) in [5, 5.41) is 0. The van der Waals surface area contributed by atoms with Crippen molar-refractivity contribution in [3.63, 3.8) is 0 Å². The minimum Gasteiger partial charge on any atom is -0.380 e. The van der Waals surface area contributed by atoms with Crippen molar-refractivity contribution in [2.75, 3.05) is 33.8 Å². The lowest BCUT2D eigenvalue weighted by Crippen LogP contribution is -2.57. The van der Waals surface area contributed by atoms with Crippen molar-refractivity contribution in [2.24, 2.45) is 5.41 Å². The highest BCUT2D eigenvalue weighted by Crippen LogP contribution is 2.41. The zero-order valence-electron chi connectivity index (χ0n) is 14.0. The van der Waals surface area contributed by atoms with E-state index in [9.17, 15) is 14.0 Å². The van der Waals surface area contributed by atoms with E-state index in [2.05, 4.69) is 4.98 Å². The first-order valence-electron chi connectivity index (χ1n) is 8.13. The number of carbonyl (C=O) groups is 2. The summed E-state index contributed by atoms with van der Waals surface area (Å²) in [7, 11) is 3.46. The summed E-state index contributed by atoms with van der Waals surface area (Å²) in [6.45, 7) is 1.56. The lowest BCUT2D eigenvalue weighted by molar-refractivity contribution is -0.155. The number of ether oxygens (including phenoxy) is 1. The van der Waals surface area contributed by atoms with Crippen LogP contribution < -0.4 is 0 Å². The largest absolute Gasteiger partial charge is 0.380 e. The van der Waals surface area contributed by atoms with E-state index in [1.54, 1.807) is 24.0 Å². The van der Waals surface area contributed by atoms with Crippen LogP contribution in [0.25, 0.3) is 0 Å². The summed E-state index contributed by atoms with van der Waals surface area (Å²) in [6.07, 6.45) is 4.37. The quantitative estimate of drug-likeness (QED) is 0.818. The number of likely N-dealkylation sites (tertiary alicyclic amines) is 2. The van der Waals surface area contributed by atoms with Gasteiger partial charge in [0.25, 0.3) is 5.91 Å². The molecule has 2 aliphatic rings. The number of aromatic nitrogens is 1. The molecule has 6 nitrogen and oxygen atoms in total. The second-order valence-corrected chi connectivity index (χ2v) is 6.71. The first-order chi connectivity index (χ1) is 11.4. The van der Waals surface area contributed by atoms with Crippen molar-refractivity contribution in [1.82, 2.24) is 14.8 Å². The number of halogens is 1. The molecule has 24 heavy (non-hydrogen) atoms. The van der Waals surface area contributed by atoms with Gasteiger partial charge < -0.3 is 14.5 Å². The maximum atomic E-state index is 13.3. The van der Waals surface area contributed by atoms with Gasteiger partial charge >= 0.3 is 0 Å². The normalized spacial score (nSPS) is 23.6. The van der Waals surface area contributed by atoms with Crippen LogP contribution in [-0.4, -0.2) is 66.5 Å². The van der Waals surface area contributed by atoms with Crippen LogP contribution in [0.15, 0.2) is 18.5 Å². The van der Waals surface area contributed by atoms with E-state index in [4.69, 9.17) is 4.74 Å². The van der Waals surface area contributed by atoms with Crippen molar-refractivity contribution >= 4 is 11.8 Å². The molecule has 1 atom stereocenters. The van der Waals surface area contributed by atoms with Crippen LogP contribution >= 0.6 is 0 Å². The molecule has 0 aromatic carbocycles. The fourth-order valence-corrected chi connectivity index (χ4v) is 3.81. The molecule has 1 unspecified atom stereocenters. The Morgan fingerprint density at radius 1 is 1.38 bits per heavy atom. The molecule has 0 radical (unpaired) electrons. The zero-order chi connectivity index (χ0) is 17.3. The average molecular weight is 335 g/mol. The Labute approximate surface area is 140 Å². The van der Waals surface area contributed by atoms with E-state index in [0.717, 1.165) is 6.20 Å². The van der Waals surface area contributed by atoms with Crippen LogP contribution in [0, 0.1) is 11.2 Å². The number of nitrogens with zero attached hydrogens (tertiary/aromatic N) is 3. The fraction of sp³-hybridized carbons (Fsp3) is 0.588. The Bertz CT molecular complexity index is 644. The molecule has 2 amide bonds. The summed E-state index contributed by atoms with van der Waals surface area (Å²) in [5.41, 5.74) is -0.210. The fourth-order valence-electron chi connectivity index (χ4n) is 3.81. The van der Waals surface area contributed by atoms with Crippen molar-refractivity contribution in [3.05, 3.63) is 29.8 Å². The highest BCUT2D eigenvalue weighted by molar-refractivity contribution is 5.94. The zero-order valence-corrected chi connectivity index (χ0v) is 14.0. The Kier molecular flexibility index (Phi) is 4.54. The van der Waals surface area contributed by atoms with Crippen molar-refractivity contribution < 1.29 is 18.7 Å². The third kappa shape index (κ3) is 3.00. The number of carbonyl (C=O) groups excluding carboxylic acids is 2. The topological polar surface area (TPSA) is 62.7 Å². The number of hydrogen-bond acceptors (Lipinski definition) is 4. The lowest BCUT2D eigenvalue weighted by Gasteiger charge is -2.47. The monoisotopic (exact) mass is 335 g/mol. The molecule has 7 heteroatoms. The molecule has 0 N–H and O–H groups in total. The molecule has 0 aliphatic carbocycles. The number of pyridine rings is 1. The predicted octanol–water partition coefficient (Wildman–Crippen LogP) is 1.32. The van der Waals surface area contributed by atoms with Crippen molar-refractivity contribution in [1.29, 1.82) is 0 Å². The smallest absolute Gasteiger partial charge is 0.255 e. The van der Waals surface area contributed by atoms with E-state index in [0.29, 0.717) is 38.9 Å². The highest BCUT2D eigenvalue weighted by Gasteiger charge is 2.48. The molecular formula is C17H22FN3O3. The van der Waals surface area contributed by atoms with Crippen LogP contribution in [0.5, 0.6) is 0 Å². The molecule has 1 spiro atoms. The van der Waals surface area contributed by atoms with Gasteiger partial charge in [0.05, 0.1) is 23.3 Å². The Hall–Kier alpha value is -2.02. The molecule has 0 saturated carbocycles. The first kappa shape index (κ1) is 16.8. The van der Waals surface area contributed by atoms with E-state index in [1.165, 1.54) is 12.3 Å². The van der Waals surface area contributed by atoms with Gasteiger partial charge in [-0.2, -0.15) is 0 Å². The van der Waals surface area contributed by atoms with Gasteiger partial charge in [-0.25, -0.2) is 4.39 Å². The summed E-state index contributed by atoms with van der Waals surface area (Å²) in [5.74, 6) is -0.631. The van der Waals surface area contributed by atoms with Crippen molar-refractivity contribution in [3.8, 4) is 0 Å². The Morgan fingerprint density at radius 3 is 2.71 bits per heavy atom. The molecular weight excluding hydrogens is 313 g/mol. The van der Waals surface area contributed by atoms with Gasteiger partial charge in [0, 0.05) is 40.0 Å². The summed E-state index contributed by atoms with van der Waals surface area (Å²) >= 11 is 0. The number of methoxy groups -OCH3 is 1. The van der Waals surface area contributed by atoms with Crippen LogP contribution in [0.2, 0.25) is 0 Å². The maximum Gasteiger partial charge on any atom is 0.255 e. The van der Waals surface area contributed by atoms with E-state index in [1.807, 2.05) is 0 Å². The number of amides is 2. The molecule has 3 heterocycles. The number of rotatable bonds is 2. The van der Waals surface area contributed by atoms with Crippen LogP contribution in [0.1, 0.15) is 29.6 Å². The van der Waals surface area contributed by atoms with E-state index in [-0.39, 0.29) is 23.5 Å². The van der Waals surface area contributed by atoms with Gasteiger partial charge in [0.15, 0.2) is 0 Å². The number of hydrogen-bond donors (Lipinski definition) is 0. The van der Waals surface area contributed by atoms with Gasteiger partial charge in [0.1, 0.15) is 5.82 Å². The molecule has 1 aromatic rings. The second kappa shape index (κ2) is 6.47. The summed E-state index contributed by atoms with van der Waals surface area (Å²) in [6, 6.07) is 1.19. The molecule has 1 aromatic heterocycles. The highest BCUT2D eigenvalue weighted by atomic mass is 19.1. The van der Waals surface area contributed by atoms with E-state index < -0.39 is 11.2 Å². The summed E-state index contributed by atoms with van der Waals surface area (Å²) in [4.78, 5) is 32.3. The molecule has 130 valence electrons. The van der Waals surface area contributed by atoms with Crippen molar-refractivity contribution in [2.45, 2.75) is 25.4 Å². The average Bonchev–Trinajstić information content (AvgIpc) is 2.59. The van der Waals surface area contributed by atoms with Gasteiger partial charge in [-0.1, -0.05) is 0 Å². The van der Waals surface area contributed by atoms with Gasteiger partial charge in [-0.3, -0.25) is 14.6 Å². The van der Waals surface area contributed by atoms with E-state index >= 15 is 0 Å². The first-order valence-corrected chi connectivity index (χ1v) is 8.13. The summed E-state index contributed by atoms with van der Waals surface area (Å²) < 4.78 is 18.7. The lowest BCUT2D eigenvalue weighted by atomic mass is 9.71.